The number of sulfonamides is 1. The molecule has 170 valence electrons. The molecule has 1 N–H and O–H groups in total. The smallest absolute Gasteiger partial charge is 0.264 e. The topological polar surface area (TPSA) is 97.3 Å². The number of hydrogen-bond donors (Lipinski definition) is 1. The van der Waals surface area contributed by atoms with Crippen molar-refractivity contribution in [2.45, 2.75) is 11.8 Å². The highest BCUT2D eigenvalue weighted by atomic mass is 35.5. The fourth-order valence-corrected chi connectivity index (χ4v) is 4.64. The van der Waals surface area contributed by atoms with E-state index in [-0.39, 0.29) is 11.7 Å². The molecule has 0 atom stereocenters. The van der Waals surface area contributed by atoms with Crippen LogP contribution in [0.3, 0.4) is 0 Å². The number of hydrogen-bond acceptors (Lipinski definition) is 6. The van der Waals surface area contributed by atoms with Crippen molar-refractivity contribution in [3.63, 3.8) is 0 Å². The summed E-state index contributed by atoms with van der Waals surface area (Å²) in [7, 11) is -4.03. The number of rotatable bonds is 7. The highest BCUT2D eigenvalue weighted by Gasteiger charge is 2.27. The van der Waals surface area contributed by atoms with Crippen molar-refractivity contribution < 1.29 is 22.7 Å². The van der Waals surface area contributed by atoms with E-state index in [4.69, 9.17) is 21.1 Å². The lowest BCUT2D eigenvalue weighted by molar-refractivity contribution is -0.119. The van der Waals surface area contributed by atoms with Crippen LogP contribution in [-0.2, 0) is 14.8 Å². The summed E-state index contributed by atoms with van der Waals surface area (Å²) in [5.74, 6) is 0.618. The largest absolute Gasteiger partial charge is 0.454 e. The SMILES string of the molecule is Cc1ccc(N(CC(=O)N/N=C\c2ccc3c(c2)OCO3)S(=O)(=O)c2ccc(Cl)cc2)cc1. The average Bonchev–Trinajstić information content (AvgIpc) is 3.26. The van der Waals surface area contributed by atoms with Crippen LogP contribution in [0.4, 0.5) is 5.69 Å². The zero-order chi connectivity index (χ0) is 23.4. The lowest BCUT2D eigenvalue weighted by atomic mass is 10.2. The Morgan fingerprint density at radius 1 is 1.06 bits per heavy atom. The Morgan fingerprint density at radius 2 is 1.76 bits per heavy atom. The lowest BCUT2D eigenvalue weighted by Crippen LogP contribution is -2.39. The number of carbonyl (C=O) groups is 1. The van der Waals surface area contributed by atoms with Crippen molar-refractivity contribution in [1.29, 1.82) is 0 Å². The van der Waals surface area contributed by atoms with Gasteiger partial charge in [-0.2, -0.15) is 5.10 Å². The molecule has 0 spiro atoms. The summed E-state index contributed by atoms with van der Waals surface area (Å²) in [6.45, 7) is 1.58. The first-order valence-electron chi connectivity index (χ1n) is 9.89. The summed E-state index contributed by atoms with van der Waals surface area (Å²) in [5.41, 5.74) is 4.37. The molecule has 1 amide bonds. The number of carbonyl (C=O) groups excluding carboxylic acids is 1. The molecule has 0 unspecified atom stereocenters. The fraction of sp³-hybridized carbons (Fsp3) is 0.130. The third-order valence-corrected chi connectivity index (χ3v) is 6.85. The monoisotopic (exact) mass is 485 g/mol. The number of nitrogens with zero attached hydrogens (tertiary/aromatic N) is 2. The Morgan fingerprint density at radius 3 is 2.48 bits per heavy atom. The molecule has 3 aromatic carbocycles. The Labute approximate surface area is 196 Å². The molecular formula is C23H20ClN3O5S. The van der Waals surface area contributed by atoms with E-state index < -0.39 is 22.5 Å². The van der Waals surface area contributed by atoms with Gasteiger partial charge in [0.25, 0.3) is 15.9 Å². The standard InChI is InChI=1S/C23H20ClN3O5S/c1-16-2-7-19(8-3-16)27(33(29,30)20-9-5-18(24)6-10-20)14-23(28)26-25-13-17-4-11-21-22(12-17)32-15-31-21/h2-13H,14-15H2,1H3,(H,26,28)/b25-13-. The van der Waals surface area contributed by atoms with Gasteiger partial charge in [0.1, 0.15) is 6.54 Å². The van der Waals surface area contributed by atoms with Gasteiger partial charge in [-0.3, -0.25) is 9.10 Å². The lowest BCUT2D eigenvalue weighted by Gasteiger charge is -2.23. The first-order chi connectivity index (χ1) is 15.8. The quantitative estimate of drug-likeness (QED) is 0.406. The first-order valence-corrected chi connectivity index (χ1v) is 11.7. The number of ether oxygens (including phenoxy) is 2. The number of nitrogens with one attached hydrogen (secondary N) is 1. The number of hydrazone groups is 1. The van der Waals surface area contributed by atoms with E-state index in [2.05, 4.69) is 10.5 Å². The Kier molecular flexibility index (Phi) is 6.52. The Bertz CT molecular complexity index is 1290. The minimum Gasteiger partial charge on any atom is -0.454 e. The minimum atomic E-state index is -4.03. The number of aryl methyl sites for hydroxylation is 1. The van der Waals surface area contributed by atoms with Crippen LogP contribution in [0.25, 0.3) is 0 Å². The van der Waals surface area contributed by atoms with Crippen LogP contribution in [0.15, 0.2) is 76.7 Å². The molecule has 1 aliphatic rings. The summed E-state index contributed by atoms with van der Waals surface area (Å²) in [6.07, 6.45) is 1.43. The van der Waals surface area contributed by atoms with Gasteiger partial charge >= 0.3 is 0 Å². The van der Waals surface area contributed by atoms with Crippen LogP contribution in [-0.4, -0.2) is 33.9 Å². The molecule has 1 heterocycles. The number of benzene rings is 3. The fourth-order valence-electron chi connectivity index (χ4n) is 3.10. The van der Waals surface area contributed by atoms with Crippen LogP contribution >= 0.6 is 11.6 Å². The Hall–Kier alpha value is -3.56. The third kappa shape index (κ3) is 5.27. The summed E-state index contributed by atoms with van der Waals surface area (Å²) < 4.78 is 38.2. The van der Waals surface area contributed by atoms with Gasteiger partial charge < -0.3 is 9.47 Å². The predicted molar refractivity (Wildman–Crippen MR) is 125 cm³/mol. The highest BCUT2D eigenvalue weighted by Crippen LogP contribution is 2.32. The zero-order valence-electron chi connectivity index (χ0n) is 17.6. The molecular weight excluding hydrogens is 466 g/mol. The van der Waals surface area contributed by atoms with E-state index in [0.29, 0.717) is 27.8 Å². The van der Waals surface area contributed by atoms with Gasteiger partial charge in [-0.15, -0.1) is 0 Å². The summed E-state index contributed by atoms with van der Waals surface area (Å²) >= 11 is 5.90. The van der Waals surface area contributed by atoms with Crippen molar-refractivity contribution in [1.82, 2.24) is 5.43 Å². The molecule has 8 nitrogen and oxygen atoms in total. The molecule has 33 heavy (non-hydrogen) atoms. The van der Waals surface area contributed by atoms with Crippen LogP contribution in [0.5, 0.6) is 11.5 Å². The van der Waals surface area contributed by atoms with E-state index in [9.17, 15) is 13.2 Å². The molecule has 0 saturated heterocycles. The van der Waals surface area contributed by atoms with Gasteiger partial charge in [0.2, 0.25) is 6.79 Å². The van der Waals surface area contributed by atoms with Crippen molar-refractivity contribution in [2.24, 2.45) is 5.10 Å². The first kappa shape index (κ1) is 22.6. The van der Waals surface area contributed by atoms with Crippen molar-refractivity contribution >= 4 is 39.4 Å². The molecule has 0 fully saturated rings. The van der Waals surface area contributed by atoms with Crippen molar-refractivity contribution in [2.75, 3.05) is 17.6 Å². The Balaban J connectivity index is 1.52. The molecule has 0 aliphatic carbocycles. The normalized spacial score (nSPS) is 12.7. The third-order valence-electron chi connectivity index (χ3n) is 4.81. The molecule has 10 heteroatoms. The second-order valence-electron chi connectivity index (χ2n) is 7.21. The maximum atomic E-state index is 13.3. The number of fused-ring (bicyclic) bond motifs is 1. The maximum absolute atomic E-state index is 13.3. The van der Waals surface area contributed by atoms with Gasteiger partial charge in [-0.25, -0.2) is 13.8 Å². The molecule has 3 aromatic rings. The second-order valence-corrected chi connectivity index (χ2v) is 9.51. The highest BCUT2D eigenvalue weighted by molar-refractivity contribution is 7.92. The zero-order valence-corrected chi connectivity index (χ0v) is 19.1. The van der Waals surface area contributed by atoms with E-state index in [1.807, 2.05) is 6.92 Å². The average molecular weight is 486 g/mol. The van der Waals surface area contributed by atoms with Gasteiger partial charge in [0.05, 0.1) is 16.8 Å². The number of anilines is 1. The van der Waals surface area contributed by atoms with Crippen LogP contribution in [0.1, 0.15) is 11.1 Å². The van der Waals surface area contributed by atoms with Crippen LogP contribution in [0, 0.1) is 6.92 Å². The van der Waals surface area contributed by atoms with Crippen LogP contribution < -0.4 is 19.2 Å². The van der Waals surface area contributed by atoms with E-state index >= 15 is 0 Å². The minimum absolute atomic E-state index is 0.0177. The number of halogens is 1. The summed E-state index contributed by atoms with van der Waals surface area (Å²) in [5, 5.41) is 4.34. The molecule has 0 saturated carbocycles. The van der Waals surface area contributed by atoms with Crippen LogP contribution in [0.2, 0.25) is 5.02 Å². The number of amides is 1. The van der Waals surface area contributed by atoms with Crippen molar-refractivity contribution in [3.8, 4) is 11.5 Å². The van der Waals surface area contributed by atoms with Gasteiger partial charge in [-0.05, 0) is 67.1 Å². The molecule has 0 radical (unpaired) electrons. The molecule has 0 bridgehead atoms. The van der Waals surface area contributed by atoms with E-state index in [0.717, 1.165) is 9.87 Å². The van der Waals surface area contributed by atoms with Gasteiger partial charge in [0, 0.05) is 5.02 Å². The van der Waals surface area contributed by atoms with Gasteiger partial charge in [-0.1, -0.05) is 29.3 Å². The predicted octanol–water partition coefficient (Wildman–Crippen LogP) is 3.72. The summed E-state index contributed by atoms with van der Waals surface area (Å²) in [4.78, 5) is 12.6. The van der Waals surface area contributed by atoms with E-state index in [1.54, 1.807) is 42.5 Å². The molecule has 1 aliphatic heterocycles. The van der Waals surface area contributed by atoms with Gasteiger partial charge in [0.15, 0.2) is 11.5 Å². The molecule has 4 rings (SSSR count). The second kappa shape index (κ2) is 9.51. The molecule has 0 aromatic heterocycles. The maximum Gasteiger partial charge on any atom is 0.264 e. The van der Waals surface area contributed by atoms with E-state index in [1.165, 1.54) is 30.5 Å². The van der Waals surface area contributed by atoms with Crippen molar-refractivity contribution in [3.05, 3.63) is 82.9 Å². The summed E-state index contributed by atoms with van der Waals surface area (Å²) in [6, 6.07) is 17.8.